The number of aromatic amines is 2. The van der Waals surface area contributed by atoms with Crippen LogP contribution in [0.5, 0.6) is 0 Å². The molecule has 0 radical (unpaired) electrons. The smallest absolute Gasteiger partial charge is 0.329 e. The number of amides is 1. The van der Waals surface area contributed by atoms with Crippen LogP contribution in [0, 0.1) is 0 Å². The lowest BCUT2D eigenvalue weighted by Crippen LogP contribution is -2.49. The second-order valence-electron chi connectivity index (χ2n) is 10.5. The van der Waals surface area contributed by atoms with E-state index in [2.05, 4.69) is 5.43 Å². The Morgan fingerprint density at radius 2 is 1.29 bits per heavy atom. The first kappa shape index (κ1) is 36.3. The van der Waals surface area contributed by atoms with Crippen LogP contribution in [0.3, 0.4) is 0 Å². The van der Waals surface area contributed by atoms with Crippen LogP contribution in [-0.2, 0) is 59.6 Å². The second-order valence-corrected chi connectivity index (χ2v) is 10.5. The maximum Gasteiger partial charge on any atom is 0.329 e. The SMILES string of the molecule is CCOC(=O)CN(N)Cc1cc(=O)[nH]c(=O)n1CC(=O)NN(CC(=O)OCC)Cc1cc(=O)[nH]c(=O)n1CC(=O)OC(C)(C)C. The third kappa shape index (κ3) is 12.3. The molecule has 0 saturated heterocycles. The van der Waals surface area contributed by atoms with E-state index >= 15 is 0 Å². The zero-order valence-electron chi connectivity index (χ0n) is 25.7. The fourth-order valence-corrected chi connectivity index (χ4v) is 3.93. The Bertz CT molecular complexity index is 1620. The number of rotatable bonds is 15. The van der Waals surface area contributed by atoms with Crippen LogP contribution >= 0.6 is 0 Å². The van der Waals surface area contributed by atoms with E-state index in [0.29, 0.717) is 0 Å². The van der Waals surface area contributed by atoms with E-state index in [9.17, 15) is 38.4 Å². The highest BCUT2D eigenvalue weighted by atomic mass is 16.6. The number of nitrogens with zero attached hydrogens (tertiary/aromatic N) is 4. The maximum atomic E-state index is 13.2. The molecule has 19 nitrogen and oxygen atoms in total. The van der Waals surface area contributed by atoms with Crippen molar-refractivity contribution in [2.24, 2.45) is 5.84 Å². The molecule has 1 amide bonds. The molecule has 0 aliphatic rings. The predicted octanol–water partition coefficient (Wildman–Crippen LogP) is -2.94. The van der Waals surface area contributed by atoms with E-state index in [1.807, 2.05) is 9.97 Å². The van der Waals surface area contributed by atoms with Crippen molar-refractivity contribution < 1.29 is 33.4 Å². The number of hydrazine groups is 2. The average Bonchev–Trinajstić information content (AvgIpc) is 2.87. The zero-order valence-corrected chi connectivity index (χ0v) is 25.7. The van der Waals surface area contributed by atoms with Crippen molar-refractivity contribution in [3.05, 3.63) is 65.2 Å². The van der Waals surface area contributed by atoms with Gasteiger partial charge in [0.25, 0.3) is 17.0 Å². The third-order valence-electron chi connectivity index (χ3n) is 5.51. The highest BCUT2D eigenvalue weighted by Crippen LogP contribution is 2.08. The molecule has 0 spiro atoms. The van der Waals surface area contributed by atoms with E-state index < -0.39 is 78.1 Å². The molecule has 45 heavy (non-hydrogen) atoms. The number of nitrogens with one attached hydrogen (secondary N) is 3. The molecular weight excluding hydrogens is 600 g/mol. The van der Waals surface area contributed by atoms with E-state index in [0.717, 1.165) is 31.3 Å². The topological polar surface area (TPSA) is 250 Å². The summed E-state index contributed by atoms with van der Waals surface area (Å²) in [4.78, 5) is 103. The van der Waals surface area contributed by atoms with Gasteiger partial charge in [0.15, 0.2) is 0 Å². The Balaban J connectivity index is 2.37. The fourth-order valence-electron chi connectivity index (χ4n) is 3.93. The van der Waals surface area contributed by atoms with Crippen LogP contribution in [0.15, 0.2) is 31.3 Å². The summed E-state index contributed by atoms with van der Waals surface area (Å²) in [5.41, 5.74) is -2.05. The van der Waals surface area contributed by atoms with Crippen molar-refractivity contribution in [1.29, 1.82) is 0 Å². The van der Waals surface area contributed by atoms with Gasteiger partial charge in [-0.1, -0.05) is 0 Å². The highest BCUT2D eigenvalue weighted by Gasteiger charge is 2.22. The molecule has 2 rings (SSSR count). The van der Waals surface area contributed by atoms with Crippen LogP contribution in [0.4, 0.5) is 0 Å². The van der Waals surface area contributed by atoms with Crippen LogP contribution in [0.2, 0.25) is 0 Å². The minimum Gasteiger partial charge on any atom is -0.465 e. The monoisotopic (exact) mass is 638 g/mol. The van der Waals surface area contributed by atoms with Crippen molar-refractivity contribution in [1.82, 2.24) is 34.5 Å². The molecule has 0 aliphatic carbocycles. The minimum absolute atomic E-state index is 0.00645. The first-order valence-electron chi connectivity index (χ1n) is 13.7. The molecule has 2 heterocycles. The normalized spacial score (nSPS) is 11.4. The number of esters is 3. The summed E-state index contributed by atoms with van der Waals surface area (Å²) < 4.78 is 16.8. The first-order valence-corrected chi connectivity index (χ1v) is 13.7. The van der Waals surface area contributed by atoms with E-state index in [-0.39, 0.29) is 37.7 Å². The van der Waals surface area contributed by atoms with Gasteiger partial charge in [0.05, 0.1) is 26.3 Å². The van der Waals surface area contributed by atoms with Crippen LogP contribution in [0.1, 0.15) is 46.0 Å². The number of aromatic nitrogens is 4. The fraction of sp³-hybridized carbons (Fsp3) is 0.538. The van der Waals surface area contributed by atoms with Gasteiger partial charge in [-0.05, 0) is 34.6 Å². The Morgan fingerprint density at radius 1 is 0.800 bits per heavy atom. The molecule has 2 aromatic heterocycles. The summed E-state index contributed by atoms with van der Waals surface area (Å²) in [6, 6.07) is 2.02. The van der Waals surface area contributed by atoms with Crippen LogP contribution in [-0.4, -0.2) is 84.8 Å². The Morgan fingerprint density at radius 3 is 1.80 bits per heavy atom. The molecule has 0 atom stereocenters. The molecule has 2 aromatic rings. The van der Waals surface area contributed by atoms with Crippen molar-refractivity contribution in [3.63, 3.8) is 0 Å². The van der Waals surface area contributed by atoms with Gasteiger partial charge in [0.1, 0.15) is 31.8 Å². The number of ether oxygens (including phenoxy) is 3. The molecule has 0 fully saturated rings. The number of H-pyrrole nitrogens is 2. The van der Waals surface area contributed by atoms with E-state index in [4.69, 9.17) is 20.1 Å². The van der Waals surface area contributed by atoms with Gasteiger partial charge in [-0.3, -0.25) is 59.1 Å². The summed E-state index contributed by atoms with van der Waals surface area (Å²) in [6.07, 6.45) is 0. The molecule has 0 aliphatic heterocycles. The molecular formula is C26H38N8O11. The van der Waals surface area contributed by atoms with Crippen molar-refractivity contribution in [2.45, 2.75) is 66.4 Å². The highest BCUT2D eigenvalue weighted by molar-refractivity contribution is 5.76. The number of carbonyl (C=O) groups is 4. The van der Waals surface area contributed by atoms with Crippen molar-refractivity contribution in [2.75, 3.05) is 26.3 Å². The summed E-state index contributed by atoms with van der Waals surface area (Å²) in [7, 11) is 0. The Labute approximate surface area is 255 Å². The lowest BCUT2D eigenvalue weighted by molar-refractivity contribution is -0.156. The van der Waals surface area contributed by atoms with Gasteiger partial charge in [-0.15, -0.1) is 0 Å². The van der Waals surface area contributed by atoms with Crippen molar-refractivity contribution >= 4 is 23.8 Å². The van der Waals surface area contributed by atoms with E-state index in [1.165, 1.54) is 0 Å². The number of hydrogen-bond acceptors (Lipinski definition) is 14. The summed E-state index contributed by atoms with van der Waals surface area (Å²) >= 11 is 0. The van der Waals surface area contributed by atoms with Gasteiger partial charge in [0, 0.05) is 23.5 Å². The van der Waals surface area contributed by atoms with E-state index in [1.54, 1.807) is 34.6 Å². The Hall–Kier alpha value is -4.88. The standard InChI is InChI=1S/C26H38N8O11/c1-6-43-21(38)13-31(27)10-16-8-18(35)28-24(41)33(16)12-20(37)30-32(14-22(39)44-7-2)11-17-9-19(36)29-25(42)34(17)15-23(40)45-26(3,4)5/h8-9H,6-7,10-15,27H2,1-5H3,(H,30,37)(H,28,35,41)(H,29,36,42). The summed E-state index contributed by atoms with van der Waals surface area (Å²) in [5, 5.41) is 1.98. The minimum atomic E-state index is -0.963. The van der Waals surface area contributed by atoms with Crippen molar-refractivity contribution in [3.8, 4) is 0 Å². The predicted molar refractivity (Wildman–Crippen MR) is 155 cm³/mol. The molecule has 248 valence electrons. The maximum absolute atomic E-state index is 13.2. The number of hydrogen-bond donors (Lipinski definition) is 4. The van der Waals surface area contributed by atoms with Gasteiger partial charge < -0.3 is 14.2 Å². The van der Waals surface area contributed by atoms with Crippen LogP contribution in [0.25, 0.3) is 0 Å². The number of carbonyl (C=O) groups excluding carboxylic acids is 4. The Kier molecular flexibility index (Phi) is 13.1. The second kappa shape index (κ2) is 16.3. The largest absolute Gasteiger partial charge is 0.465 e. The van der Waals surface area contributed by atoms with Gasteiger partial charge in [-0.2, -0.15) is 0 Å². The van der Waals surface area contributed by atoms with Crippen LogP contribution < -0.4 is 33.8 Å². The third-order valence-corrected chi connectivity index (χ3v) is 5.51. The zero-order chi connectivity index (χ0) is 33.9. The quantitative estimate of drug-likeness (QED) is 0.0660. The van der Waals surface area contributed by atoms with Gasteiger partial charge in [-0.25, -0.2) is 19.6 Å². The molecule has 5 N–H and O–H groups in total. The average molecular weight is 639 g/mol. The number of nitrogens with two attached hydrogens (primary N) is 1. The molecule has 0 aromatic carbocycles. The van der Waals surface area contributed by atoms with Gasteiger partial charge in [0.2, 0.25) is 0 Å². The van der Waals surface area contributed by atoms with Gasteiger partial charge >= 0.3 is 29.3 Å². The lowest BCUT2D eigenvalue weighted by Gasteiger charge is -2.25. The first-order chi connectivity index (χ1) is 21.0. The summed E-state index contributed by atoms with van der Waals surface area (Å²) in [6.45, 7) is 5.16. The lowest BCUT2D eigenvalue weighted by atomic mass is 10.2. The molecule has 0 bridgehead atoms. The summed E-state index contributed by atoms with van der Waals surface area (Å²) in [5.74, 6) is 2.73. The molecule has 0 saturated carbocycles. The molecule has 0 unspecified atom stereocenters. The molecule has 19 heteroatoms.